The fraction of sp³-hybridized carbons (Fsp3) is 0.812. The summed E-state index contributed by atoms with van der Waals surface area (Å²) in [4.78, 5) is 0. The molecule has 2 saturated heterocycles. The Labute approximate surface area is 132 Å². The highest BCUT2D eigenvalue weighted by Gasteiger charge is 2.44. The number of rotatable bonds is 6. The monoisotopic (exact) mass is 311 g/mol. The second-order valence-electron chi connectivity index (χ2n) is 6.25. The fourth-order valence-electron chi connectivity index (χ4n) is 3.99. The lowest BCUT2D eigenvalue weighted by atomic mass is 9.82. The van der Waals surface area contributed by atoms with Crippen molar-refractivity contribution in [2.45, 2.75) is 70.7 Å². The molecule has 21 heavy (non-hydrogen) atoms. The van der Waals surface area contributed by atoms with Gasteiger partial charge in [-0.25, -0.2) is 0 Å². The molecule has 0 aliphatic carbocycles. The molecular weight excluding hydrogens is 286 g/mol. The van der Waals surface area contributed by atoms with Gasteiger partial charge in [-0.15, -0.1) is 0 Å². The molecule has 4 nitrogen and oxygen atoms in total. The first-order valence-electron chi connectivity index (χ1n) is 8.24. The van der Waals surface area contributed by atoms with E-state index in [1.807, 2.05) is 0 Å². The maximum absolute atomic E-state index is 6.55. The summed E-state index contributed by atoms with van der Waals surface area (Å²) in [6.45, 7) is 5.11. The molecule has 0 amide bonds. The first-order chi connectivity index (χ1) is 10.2. The molecule has 4 unspecified atom stereocenters. The van der Waals surface area contributed by atoms with Crippen molar-refractivity contribution in [3.63, 3.8) is 0 Å². The van der Waals surface area contributed by atoms with Gasteiger partial charge in [-0.3, -0.25) is 4.68 Å². The van der Waals surface area contributed by atoms with E-state index in [4.69, 9.17) is 16.3 Å². The molecule has 0 spiro atoms. The Bertz CT molecular complexity index is 502. The molecule has 1 aromatic rings. The van der Waals surface area contributed by atoms with Crippen molar-refractivity contribution >= 4 is 11.6 Å². The van der Waals surface area contributed by atoms with Crippen LogP contribution in [0.1, 0.15) is 44.5 Å². The summed E-state index contributed by atoms with van der Waals surface area (Å²) in [6, 6.07) is 0.421. The largest absolute Gasteiger partial charge is 0.375 e. The van der Waals surface area contributed by atoms with Gasteiger partial charge in [-0.05, 0) is 39.7 Å². The van der Waals surface area contributed by atoms with Crippen molar-refractivity contribution in [1.82, 2.24) is 15.1 Å². The lowest BCUT2D eigenvalue weighted by Gasteiger charge is -2.28. The van der Waals surface area contributed by atoms with Crippen LogP contribution in [0.5, 0.6) is 0 Å². The quantitative estimate of drug-likeness (QED) is 0.878. The minimum atomic E-state index is 0.421. The van der Waals surface area contributed by atoms with Crippen LogP contribution in [-0.2, 0) is 24.1 Å². The van der Waals surface area contributed by atoms with Gasteiger partial charge in [0, 0.05) is 24.9 Å². The van der Waals surface area contributed by atoms with Crippen molar-refractivity contribution in [2.75, 3.05) is 7.05 Å². The molecule has 5 heteroatoms. The highest BCUT2D eigenvalue weighted by atomic mass is 35.5. The van der Waals surface area contributed by atoms with Crippen LogP contribution in [0.2, 0.25) is 5.02 Å². The van der Waals surface area contributed by atoms with Gasteiger partial charge in [0.2, 0.25) is 0 Å². The van der Waals surface area contributed by atoms with Crippen LogP contribution >= 0.6 is 11.6 Å². The maximum atomic E-state index is 6.55. The number of aromatic nitrogens is 2. The zero-order chi connectivity index (χ0) is 15.0. The van der Waals surface area contributed by atoms with Crippen molar-refractivity contribution in [1.29, 1.82) is 0 Å². The van der Waals surface area contributed by atoms with E-state index < -0.39 is 0 Å². The minimum absolute atomic E-state index is 0.421. The Morgan fingerprint density at radius 3 is 2.76 bits per heavy atom. The van der Waals surface area contributed by atoms with Gasteiger partial charge in [-0.1, -0.05) is 18.5 Å². The van der Waals surface area contributed by atoms with Crippen LogP contribution in [0.25, 0.3) is 0 Å². The summed E-state index contributed by atoms with van der Waals surface area (Å²) in [5, 5.41) is 9.00. The highest BCUT2D eigenvalue weighted by Crippen LogP contribution is 2.41. The van der Waals surface area contributed by atoms with Gasteiger partial charge < -0.3 is 10.1 Å². The highest BCUT2D eigenvalue weighted by molar-refractivity contribution is 6.31. The first-order valence-corrected chi connectivity index (χ1v) is 8.62. The van der Waals surface area contributed by atoms with Crippen molar-refractivity contribution in [3.8, 4) is 0 Å². The molecule has 0 radical (unpaired) electrons. The van der Waals surface area contributed by atoms with Crippen LogP contribution in [0.4, 0.5) is 0 Å². The molecule has 1 aromatic heterocycles. The lowest BCUT2D eigenvalue weighted by molar-refractivity contribution is 0.0862. The molecule has 118 valence electrons. The summed E-state index contributed by atoms with van der Waals surface area (Å²) in [5.41, 5.74) is 2.20. The summed E-state index contributed by atoms with van der Waals surface area (Å²) in [7, 11) is 2.05. The SMILES string of the molecule is CCc1nn(CC)c(CC(NC)C2CC3CCC2O3)c1Cl. The van der Waals surface area contributed by atoms with Crippen LogP contribution in [0, 0.1) is 5.92 Å². The number of likely N-dealkylation sites (N-methyl/N-ethyl adjacent to an activating group) is 1. The molecule has 2 fully saturated rings. The fourth-order valence-corrected chi connectivity index (χ4v) is 4.33. The molecule has 3 heterocycles. The topological polar surface area (TPSA) is 39.1 Å². The Hall–Kier alpha value is -0.580. The summed E-state index contributed by atoms with van der Waals surface area (Å²) >= 11 is 6.55. The number of fused-ring (bicyclic) bond motifs is 2. The number of hydrogen-bond donors (Lipinski definition) is 1. The average Bonchev–Trinajstić information content (AvgIpc) is 3.19. The Balaban J connectivity index is 1.79. The molecule has 4 atom stereocenters. The van der Waals surface area contributed by atoms with Gasteiger partial charge >= 0.3 is 0 Å². The lowest BCUT2D eigenvalue weighted by Crippen LogP contribution is -2.40. The van der Waals surface area contributed by atoms with Gasteiger partial charge in [0.25, 0.3) is 0 Å². The Kier molecular flexibility index (Phi) is 4.57. The van der Waals surface area contributed by atoms with Crippen molar-refractivity contribution in [3.05, 3.63) is 16.4 Å². The van der Waals surface area contributed by atoms with E-state index in [2.05, 4.69) is 36.0 Å². The molecule has 0 aromatic carbocycles. The van der Waals surface area contributed by atoms with E-state index in [1.165, 1.54) is 25.0 Å². The zero-order valence-electron chi connectivity index (χ0n) is 13.2. The molecular formula is C16H26ClN3O. The zero-order valence-corrected chi connectivity index (χ0v) is 14.0. The van der Waals surface area contributed by atoms with E-state index in [0.717, 1.165) is 30.1 Å². The van der Waals surface area contributed by atoms with E-state index in [0.29, 0.717) is 24.2 Å². The first kappa shape index (κ1) is 15.3. The molecule has 2 aliphatic heterocycles. The number of halogens is 1. The third-order valence-corrected chi connectivity index (χ3v) is 5.58. The van der Waals surface area contributed by atoms with Crippen LogP contribution in [-0.4, -0.2) is 35.1 Å². The minimum Gasteiger partial charge on any atom is -0.375 e. The normalized spacial score (nSPS) is 29.2. The number of aryl methyl sites for hydroxylation is 2. The molecule has 2 aliphatic rings. The Morgan fingerprint density at radius 2 is 2.24 bits per heavy atom. The van der Waals surface area contributed by atoms with E-state index in [9.17, 15) is 0 Å². The Morgan fingerprint density at radius 1 is 1.43 bits per heavy atom. The molecule has 2 bridgehead atoms. The number of nitrogens with zero attached hydrogens (tertiary/aromatic N) is 2. The molecule has 1 N–H and O–H groups in total. The second-order valence-corrected chi connectivity index (χ2v) is 6.63. The molecule has 0 saturated carbocycles. The number of nitrogens with one attached hydrogen (secondary N) is 1. The van der Waals surface area contributed by atoms with Crippen LogP contribution < -0.4 is 5.32 Å². The summed E-state index contributed by atoms with van der Waals surface area (Å²) < 4.78 is 8.09. The van der Waals surface area contributed by atoms with Gasteiger partial charge in [0.05, 0.1) is 28.6 Å². The number of ether oxygens (including phenoxy) is 1. The van der Waals surface area contributed by atoms with Gasteiger partial charge in [-0.2, -0.15) is 5.10 Å². The maximum Gasteiger partial charge on any atom is 0.0850 e. The van der Waals surface area contributed by atoms with E-state index in [-0.39, 0.29) is 0 Å². The summed E-state index contributed by atoms with van der Waals surface area (Å²) in [6.07, 6.45) is 6.41. The van der Waals surface area contributed by atoms with Gasteiger partial charge in [0.15, 0.2) is 0 Å². The molecule has 3 rings (SSSR count). The third-order valence-electron chi connectivity index (χ3n) is 5.15. The average molecular weight is 312 g/mol. The predicted octanol–water partition coefficient (Wildman–Crippen LogP) is 2.82. The predicted molar refractivity (Wildman–Crippen MR) is 84.8 cm³/mol. The smallest absolute Gasteiger partial charge is 0.0850 e. The van der Waals surface area contributed by atoms with Crippen LogP contribution in [0.15, 0.2) is 0 Å². The van der Waals surface area contributed by atoms with Crippen LogP contribution in [0.3, 0.4) is 0 Å². The second kappa shape index (κ2) is 6.27. The van der Waals surface area contributed by atoms with Crippen molar-refractivity contribution in [2.24, 2.45) is 5.92 Å². The van der Waals surface area contributed by atoms with E-state index >= 15 is 0 Å². The standard InChI is InChI=1S/C16H26ClN3O/c1-4-12-16(17)14(20(5-2)19-12)9-13(18-3)11-8-10-6-7-15(11)21-10/h10-11,13,15,18H,4-9H2,1-3H3. The van der Waals surface area contributed by atoms with E-state index in [1.54, 1.807) is 0 Å². The third kappa shape index (κ3) is 2.73. The van der Waals surface area contributed by atoms with Gasteiger partial charge in [0.1, 0.15) is 0 Å². The van der Waals surface area contributed by atoms with Crippen molar-refractivity contribution < 1.29 is 4.74 Å². The number of hydrogen-bond acceptors (Lipinski definition) is 3. The summed E-state index contributed by atoms with van der Waals surface area (Å²) in [5.74, 6) is 0.607.